The largest absolute Gasteiger partial charge is 0.504 e. The molecule has 11 heteroatoms. The highest BCUT2D eigenvalue weighted by Gasteiger charge is 2.80. The van der Waals surface area contributed by atoms with Gasteiger partial charge in [-0.25, -0.2) is 0 Å². The Hall–Kier alpha value is -4.38. The Bertz CT molecular complexity index is 1730. The third-order valence-electron chi connectivity index (χ3n) is 10.9. The van der Waals surface area contributed by atoms with Crippen molar-refractivity contribution in [3.05, 3.63) is 111 Å². The molecule has 5 atom stereocenters. The number of rotatable bonds is 7. The number of amides is 1. The first-order chi connectivity index (χ1) is 22.0. The second kappa shape index (κ2) is 10.9. The van der Waals surface area contributed by atoms with Gasteiger partial charge < -0.3 is 14.7 Å². The quantitative estimate of drug-likeness (QED) is 0.206. The second-order valence-corrected chi connectivity index (χ2v) is 12.9. The molecular weight excluding hydrogens is 599 g/mol. The molecule has 0 radical (unpaired) electrons. The number of aromatic hydroxyl groups is 1. The number of hydrogen-bond acceptors (Lipinski definition) is 6. The highest BCUT2D eigenvalue weighted by atomic mass is 19.4. The molecule has 7 rings (SSSR count). The van der Waals surface area contributed by atoms with E-state index in [1.165, 1.54) is 29.2 Å². The van der Waals surface area contributed by atoms with Gasteiger partial charge in [-0.3, -0.25) is 19.8 Å². The second-order valence-electron chi connectivity index (χ2n) is 12.9. The van der Waals surface area contributed by atoms with Crippen LogP contribution in [0.25, 0.3) is 6.08 Å². The lowest BCUT2D eigenvalue weighted by molar-refractivity contribution is -0.606. The van der Waals surface area contributed by atoms with Crippen LogP contribution in [0.15, 0.2) is 72.8 Å². The SMILES string of the molecule is CN(C(=O)/C=C/c1cccc(C(F)(F)F)c1)C1CC[C@@]2([N+](=O)[O-])[C@H]3Cc4ccc(O)c5c4[C@@]2(CCN3CCc2ccccc2)C1O5. The minimum atomic E-state index is -4.51. The Morgan fingerprint density at radius 2 is 1.93 bits per heavy atom. The van der Waals surface area contributed by atoms with Crippen LogP contribution in [-0.4, -0.2) is 69.6 Å². The topological polar surface area (TPSA) is 96.2 Å². The van der Waals surface area contributed by atoms with Gasteiger partial charge >= 0.3 is 6.18 Å². The molecule has 1 amide bonds. The Morgan fingerprint density at radius 1 is 1.15 bits per heavy atom. The van der Waals surface area contributed by atoms with Crippen molar-refractivity contribution in [2.45, 2.75) is 67.4 Å². The lowest BCUT2D eigenvalue weighted by Crippen LogP contribution is -2.80. The molecule has 3 aromatic rings. The molecule has 2 bridgehead atoms. The fourth-order valence-corrected chi connectivity index (χ4v) is 8.83. The molecule has 1 saturated heterocycles. The number of phenolic OH excluding ortho intramolecular Hbond substituents is 1. The van der Waals surface area contributed by atoms with Gasteiger partial charge in [-0.15, -0.1) is 0 Å². The molecule has 2 aliphatic heterocycles. The molecule has 1 N–H and O–H groups in total. The number of phenols is 1. The number of carbonyl (C=O) groups excluding carboxylic acids is 1. The van der Waals surface area contributed by atoms with Gasteiger partial charge in [0.2, 0.25) is 5.91 Å². The number of carbonyl (C=O) groups is 1. The van der Waals surface area contributed by atoms with Crippen LogP contribution in [-0.2, 0) is 29.2 Å². The summed E-state index contributed by atoms with van der Waals surface area (Å²) in [5, 5.41) is 24.4. The molecule has 1 saturated carbocycles. The van der Waals surface area contributed by atoms with Crippen LogP contribution in [0.5, 0.6) is 11.5 Å². The third kappa shape index (κ3) is 4.42. The van der Waals surface area contributed by atoms with E-state index in [0.29, 0.717) is 37.9 Å². The molecule has 0 aromatic heterocycles. The number of hydrogen-bond donors (Lipinski definition) is 1. The number of likely N-dealkylation sites (tertiary alicyclic amines) is 1. The Labute approximate surface area is 264 Å². The van der Waals surface area contributed by atoms with E-state index in [1.807, 2.05) is 24.3 Å². The van der Waals surface area contributed by atoms with Crippen LogP contribution >= 0.6 is 0 Å². The van der Waals surface area contributed by atoms with E-state index < -0.39 is 46.8 Å². The number of alkyl halides is 3. The number of likely N-dealkylation sites (N-methyl/N-ethyl adjacent to an activating group) is 1. The van der Waals surface area contributed by atoms with Crippen LogP contribution in [0.2, 0.25) is 0 Å². The van der Waals surface area contributed by atoms with Crippen molar-refractivity contribution in [2.75, 3.05) is 20.1 Å². The summed E-state index contributed by atoms with van der Waals surface area (Å²) in [6.45, 7) is 1.26. The van der Waals surface area contributed by atoms with Crippen LogP contribution in [0.1, 0.15) is 47.1 Å². The van der Waals surface area contributed by atoms with E-state index in [9.17, 15) is 33.2 Å². The number of ether oxygens (including phenoxy) is 1. The predicted molar refractivity (Wildman–Crippen MR) is 164 cm³/mol. The minimum Gasteiger partial charge on any atom is -0.504 e. The maximum absolute atomic E-state index is 13.5. The molecule has 2 unspecified atom stereocenters. The normalized spacial score (nSPS) is 28.0. The summed E-state index contributed by atoms with van der Waals surface area (Å²) in [7, 11) is 1.60. The summed E-state index contributed by atoms with van der Waals surface area (Å²) >= 11 is 0. The summed E-state index contributed by atoms with van der Waals surface area (Å²) in [4.78, 5) is 30.6. The first-order valence-electron chi connectivity index (χ1n) is 15.5. The predicted octanol–water partition coefficient (Wildman–Crippen LogP) is 5.63. The molecule has 4 aliphatic rings. The van der Waals surface area contributed by atoms with Crippen molar-refractivity contribution in [3.8, 4) is 11.5 Å². The van der Waals surface area contributed by atoms with E-state index in [1.54, 1.807) is 13.1 Å². The maximum atomic E-state index is 13.5. The van der Waals surface area contributed by atoms with Crippen LogP contribution in [0.4, 0.5) is 13.2 Å². The van der Waals surface area contributed by atoms with Gasteiger partial charge in [0.05, 0.1) is 17.6 Å². The number of halogens is 3. The standard InChI is InChI=1S/C35H34F3N3O5/c1-39(29(43)13-10-23-8-5-9-25(20-23)35(36,37)38)26-14-16-34(41(44)45)28-21-24-11-12-27(42)31-30(24)33(34,32(26)46-31)17-19-40(28)18-15-22-6-3-2-4-7-22/h2-13,20,26,28,32,42H,14-19,21H2,1H3/b13-10+/t26?,28-,32?,33+,34-/m1/s1. The fraction of sp³-hybridized carbons (Fsp3) is 0.400. The van der Waals surface area contributed by atoms with Crippen LogP contribution in [0, 0.1) is 10.1 Å². The highest BCUT2D eigenvalue weighted by molar-refractivity contribution is 5.92. The molecule has 2 fully saturated rings. The molecule has 1 spiro atoms. The summed E-state index contributed by atoms with van der Waals surface area (Å²) in [6.07, 6.45) is -0.602. The molecule has 8 nitrogen and oxygen atoms in total. The van der Waals surface area contributed by atoms with Gasteiger partial charge in [0, 0.05) is 36.6 Å². The molecule has 3 aromatic carbocycles. The minimum absolute atomic E-state index is 0.0816. The molecule has 240 valence electrons. The zero-order valence-corrected chi connectivity index (χ0v) is 25.2. The Morgan fingerprint density at radius 3 is 2.67 bits per heavy atom. The summed E-state index contributed by atoms with van der Waals surface area (Å²) < 4.78 is 46.2. The molecule has 2 aliphatic carbocycles. The van der Waals surface area contributed by atoms with Gasteiger partial charge in [0.25, 0.3) is 5.54 Å². The van der Waals surface area contributed by atoms with E-state index in [0.717, 1.165) is 29.7 Å². The summed E-state index contributed by atoms with van der Waals surface area (Å²) in [5.74, 6) is -0.275. The van der Waals surface area contributed by atoms with Crippen molar-refractivity contribution in [3.63, 3.8) is 0 Å². The molecule has 46 heavy (non-hydrogen) atoms. The smallest absolute Gasteiger partial charge is 0.416 e. The Balaban J connectivity index is 1.23. The van der Waals surface area contributed by atoms with Gasteiger partial charge in [-0.2, -0.15) is 13.2 Å². The van der Waals surface area contributed by atoms with Crippen molar-refractivity contribution in [2.24, 2.45) is 0 Å². The monoisotopic (exact) mass is 633 g/mol. The van der Waals surface area contributed by atoms with Crippen LogP contribution in [0.3, 0.4) is 0 Å². The van der Waals surface area contributed by atoms with Gasteiger partial charge in [0.1, 0.15) is 11.5 Å². The van der Waals surface area contributed by atoms with E-state index in [-0.39, 0.29) is 28.4 Å². The van der Waals surface area contributed by atoms with E-state index >= 15 is 0 Å². The highest BCUT2D eigenvalue weighted by Crippen LogP contribution is 2.66. The molecule has 2 heterocycles. The average molecular weight is 634 g/mol. The van der Waals surface area contributed by atoms with Crippen molar-refractivity contribution in [1.82, 2.24) is 9.80 Å². The number of nitro groups is 1. The zero-order valence-electron chi connectivity index (χ0n) is 25.2. The van der Waals surface area contributed by atoms with Crippen LogP contribution < -0.4 is 4.74 Å². The van der Waals surface area contributed by atoms with Crippen molar-refractivity contribution < 1.29 is 32.7 Å². The fourth-order valence-electron chi connectivity index (χ4n) is 8.83. The maximum Gasteiger partial charge on any atom is 0.416 e. The van der Waals surface area contributed by atoms with Crippen molar-refractivity contribution in [1.29, 1.82) is 0 Å². The number of benzene rings is 3. The average Bonchev–Trinajstić information content (AvgIpc) is 3.39. The third-order valence-corrected chi connectivity index (χ3v) is 10.9. The number of piperidine rings is 1. The van der Waals surface area contributed by atoms with E-state index in [4.69, 9.17) is 4.74 Å². The first-order valence-corrected chi connectivity index (χ1v) is 15.5. The first kappa shape index (κ1) is 30.3. The van der Waals surface area contributed by atoms with Gasteiger partial charge in [0.15, 0.2) is 11.5 Å². The van der Waals surface area contributed by atoms with Crippen molar-refractivity contribution >= 4 is 12.0 Å². The zero-order chi connectivity index (χ0) is 32.4. The van der Waals surface area contributed by atoms with E-state index in [2.05, 4.69) is 17.0 Å². The Kier molecular flexibility index (Phi) is 7.15. The summed E-state index contributed by atoms with van der Waals surface area (Å²) in [6, 6.07) is 17.2. The lowest BCUT2D eigenvalue weighted by atomic mass is 9.46. The summed E-state index contributed by atoms with van der Waals surface area (Å²) in [5.41, 5.74) is -0.290. The lowest BCUT2D eigenvalue weighted by Gasteiger charge is -2.61. The number of nitrogens with zero attached hydrogens (tertiary/aromatic N) is 3. The van der Waals surface area contributed by atoms with Gasteiger partial charge in [-0.1, -0.05) is 48.5 Å². The van der Waals surface area contributed by atoms with Gasteiger partial charge in [-0.05, 0) is 73.2 Å². The molecular formula is C35H34F3N3O5.